The van der Waals surface area contributed by atoms with E-state index in [4.69, 9.17) is 0 Å². The molecule has 0 unspecified atom stereocenters. The first-order chi connectivity index (χ1) is 13.1. The predicted molar refractivity (Wildman–Crippen MR) is 104 cm³/mol. The molecule has 0 saturated carbocycles. The summed E-state index contributed by atoms with van der Waals surface area (Å²) >= 11 is 0. The Hall–Kier alpha value is -3.48. The number of carbonyl (C=O) groups is 1. The molecule has 0 atom stereocenters. The molecule has 0 aliphatic heterocycles. The van der Waals surface area contributed by atoms with Crippen LogP contribution in [-0.2, 0) is 20.1 Å². The zero-order valence-electron chi connectivity index (χ0n) is 15.1. The second kappa shape index (κ2) is 6.68. The van der Waals surface area contributed by atoms with E-state index >= 15 is 0 Å². The molecule has 4 rings (SSSR count). The molecule has 2 heterocycles. The van der Waals surface area contributed by atoms with Gasteiger partial charge in [-0.2, -0.15) is 5.10 Å². The van der Waals surface area contributed by atoms with Gasteiger partial charge < -0.3 is 9.88 Å². The van der Waals surface area contributed by atoms with Gasteiger partial charge in [0.15, 0.2) is 5.69 Å². The Morgan fingerprint density at radius 2 is 1.78 bits per heavy atom. The normalized spacial score (nSPS) is 11.2. The van der Waals surface area contributed by atoms with Crippen molar-refractivity contribution in [3.05, 3.63) is 70.3 Å². The van der Waals surface area contributed by atoms with Gasteiger partial charge >= 0.3 is 0 Å². The monoisotopic (exact) mass is 361 g/mol. The van der Waals surface area contributed by atoms with Gasteiger partial charge in [0.2, 0.25) is 5.43 Å². The summed E-state index contributed by atoms with van der Waals surface area (Å²) in [5.74, 6) is 0.237. The molecule has 0 bridgehead atoms. The van der Waals surface area contributed by atoms with Crippen molar-refractivity contribution in [3.8, 4) is 0 Å². The van der Waals surface area contributed by atoms with E-state index in [0.29, 0.717) is 10.9 Å². The van der Waals surface area contributed by atoms with Gasteiger partial charge in [0.05, 0.1) is 23.1 Å². The topological polar surface area (TPSA) is 81.8 Å². The lowest BCUT2D eigenvalue weighted by atomic mass is 10.2. The van der Waals surface area contributed by atoms with Crippen molar-refractivity contribution in [1.29, 1.82) is 0 Å². The third-order valence-corrected chi connectivity index (χ3v) is 4.63. The van der Waals surface area contributed by atoms with Crippen LogP contribution < -0.4 is 10.7 Å². The summed E-state index contributed by atoms with van der Waals surface area (Å²) in [6.07, 6.45) is 0. The average molecular weight is 361 g/mol. The molecule has 7 heteroatoms. The third-order valence-electron chi connectivity index (χ3n) is 4.63. The molecule has 0 fully saturated rings. The molecule has 1 N–H and O–H groups in total. The van der Waals surface area contributed by atoms with E-state index in [1.54, 1.807) is 29.9 Å². The number of fused-ring (bicyclic) bond motifs is 2. The summed E-state index contributed by atoms with van der Waals surface area (Å²) in [5.41, 5.74) is 2.10. The summed E-state index contributed by atoms with van der Waals surface area (Å²) < 4.78 is 3.59. The Morgan fingerprint density at radius 1 is 1.07 bits per heavy atom. The summed E-state index contributed by atoms with van der Waals surface area (Å²) in [6, 6.07) is 14.9. The van der Waals surface area contributed by atoms with Crippen LogP contribution in [0.15, 0.2) is 53.3 Å². The minimum atomic E-state index is -0.504. The van der Waals surface area contributed by atoms with Crippen LogP contribution >= 0.6 is 0 Å². The minimum Gasteiger partial charge on any atom is -0.343 e. The molecule has 0 saturated heterocycles. The van der Waals surface area contributed by atoms with Crippen molar-refractivity contribution >= 4 is 27.8 Å². The van der Waals surface area contributed by atoms with Crippen LogP contribution in [0, 0.1) is 0 Å². The summed E-state index contributed by atoms with van der Waals surface area (Å²) in [7, 11) is 1.72. The van der Waals surface area contributed by atoms with Crippen molar-refractivity contribution in [3.63, 3.8) is 0 Å². The van der Waals surface area contributed by atoms with Crippen LogP contribution in [0.25, 0.3) is 21.9 Å². The summed E-state index contributed by atoms with van der Waals surface area (Å²) in [5, 5.41) is 7.42. The van der Waals surface area contributed by atoms with Crippen molar-refractivity contribution in [1.82, 2.24) is 24.6 Å². The van der Waals surface area contributed by atoms with Crippen LogP contribution in [0.5, 0.6) is 0 Å². The number of imidazole rings is 1. The van der Waals surface area contributed by atoms with Crippen LogP contribution in [0.1, 0.15) is 23.2 Å². The van der Waals surface area contributed by atoms with E-state index in [2.05, 4.69) is 15.4 Å². The van der Waals surface area contributed by atoms with E-state index in [1.807, 2.05) is 41.8 Å². The standard InChI is InChI=1S/C20H19N5O2/c1-3-25-16-11-7-5-9-14(16)22-17(25)12-21-20(27)18-19(26)13-8-4-6-10-15(13)24(2)23-18/h4-11H,3,12H2,1-2H3,(H,21,27). The van der Waals surface area contributed by atoms with E-state index in [1.165, 1.54) is 0 Å². The number of para-hydroxylation sites is 3. The Labute approximate surface area is 155 Å². The number of carbonyl (C=O) groups excluding carboxylic acids is 1. The van der Waals surface area contributed by atoms with E-state index < -0.39 is 5.91 Å². The lowest BCUT2D eigenvalue weighted by molar-refractivity contribution is 0.0941. The molecule has 27 heavy (non-hydrogen) atoms. The maximum atomic E-state index is 12.6. The predicted octanol–water partition coefficient (Wildman–Crippen LogP) is 2.23. The smallest absolute Gasteiger partial charge is 0.276 e. The fraction of sp³-hybridized carbons (Fsp3) is 0.200. The van der Waals surface area contributed by atoms with E-state index in [9.17, 15) is 9.59 Å². The molecule has 0 aliphatic carbocycles. The van der Waals surface area contributed by atoms with Crippen LogP contribution in [0.2, 0.25) is 0 Å². The molecule has 7 nitrogen and oxygen atoms in total. The first-order valence-corrected chi connectivity index (χ1v) is 8.78. The molecule has 2 aromatic carbocycles. The lowest BCUT2D eigenvalue weighted by Crippen LogP contribution is -2.32. The van der Waals surface area contributed by atoms with Gasteiger partial charge in [-0.25, -0.2) is 4.98 Å². The fourth-order valence-electron chi connectivity index (χ4n) is 3.33. The number of hydrogen-bond donors (Lipinski definition) is 1. The lowest BCUT2D eigenvalue weighted by Gasteiger charge is -2.09. The highest BCUT2D eigenvalue weighted by molar-refractivity contribution is 5.95. The summed E-state index contributed by atoms with van der Waals surface area (Å²) in [6.45, 7) is 2.99. The SMILES string of the molecule is CCn1c(CNC(=O)c2nn(C)c3ccccc3c2=O)nc2ccccc21. The summed E-state index contributed by atoms with van der Waals surface area (Å²) in [4.78, 5) is 29.8. The van der Waals surface area contributed by atoms with Crippen LogP contribution in [0.3, 0.4) is 0 Å². The molecule has 2 aromatic heterocycles. The Kier molecular flexibility index (Phi) is 4.19. The first-order valence-electron chi connectivity index (χ1n) is 8.78. The number of aryl methyl sites for hydroxylation is 2. The highest BCUT2D eigenvalue weighted by Crippen LogP contribution is 2.16. The Balaban J connectivity index is 1.65. The van der Waals surface area contributed by atoms with Gasteiger partial charge in [-0.1, -0.05) is 24.3 Å². The minimum absolute atomic E-state index is 0.115. The van der Waals surface area contributed by atoms with Crippen molar-refractivity contribution < 1.29 is 4.79 Å². The molecule has 0 aliphatic rings. The van der Waals surface area contributed by atoms with Crippen LogP contribution in [0.4, 0.5) is 0 Å². The zero-order chi connectivity index (χ0) is 19.0. The van der Waals surface area contributed by atoms with Crippen molar-refractivity contribution in [2.45, 2.75) is 20.0 Å². The van der Waals surface area contributed by atoms with Gasteiger partial charge in [0.25, 0.3) is 5.91 Å². The highest BCUT2D eigenvalue weighted by atomic mass is 16.2. The van der Waals surface area contributed by atoms with Crippen LogP contribution in [-0.4, -0.2) is 25.2 Å². The van der Waals surface area contributed by atoms with E-state index in [0.717, 1.165) is 23.4 Å². The number of benzene rings is 2. The van der Waals surface area contributed by atoms with Gasteiger partial charge in [-0.15, -0.1) is 0 Å². The molecule has 1 amide bonds. The van der Waals surface area contributed by atoms with E-state index in [-0.39, 0.29) is 17.7 Å². The number of nitrogens with one attached hydrogen (secondary N) is 1. The Bertz CT molecular complexity index is 1220. The fourth-order valence-corrected chi connectivity index (χ4v) is 3.33. The quantitative estimate of drug-likeness (QED) is 0.604. The third kappa shape index (κ3) is 2.87. The largest absolute Gasteiger partial charge is 0.343 e. The molecule has 0 spiro atoms. The number of aromatic nitrogens is 4. The first kappa shape index (κ1) is 17.0. The second-order valence-electron chi connectivity index (χ2n) is 6.26. The molecule has 0 radical (unpaired) electrons. The average Bonchev–Trinajstić information content (AvgIpc) is 3.06. The van der Waals surface area contributed by atoms with Crippen molar-refractivity contribution in [2.24, 2.45) is 7.05 Å². The number of amides is 1. The number of nitrogens with zero attached hydrogens (tertiary/aromatic N) is 4. The maximum Gasteiger partial charge on any atom is 0.276 e. The molecular weight excluding hydrogens is 342 g/mol. The van der Waals surface area contributed by atoms with Crippen molar-refractivity contribution in [2.75, 3.05) is 0 Å². The zero-order valence-corrected chi connectivity index (χ0v) is 15.1. The molecule has 136 valence electrons. The van der Waals surface area contributed by atoms with Gasteiger partial charge in [0.1, 0.15) is 5.82 Å². The maximum absolute atomic E-state index is 12.6. The van der Waals surface area contributed by atoms with Gasteiger partial charge in [-0.3, -0.25) is 14.3 Å². The van der Waals surface area contributed by atoms with Gasteiger partial charge in [0, 0.05) is 19.0 Å². The van der Waals surface area contributed by atoms with Gasteiger partial charge in [-0.05, 0) is 31.2 Å². The molecule has 4 aromatic rings. The molecular formula is C20H19N5O2. The number of rotatable bonds is 4. The second-order valence-corrected chi connectivity index (χ2v) is 6.26. The Morgan fingerprint density at radius 3 is 2.56 bits per heavy atom. The highest BCUT2D eigenvalue weighted by Gasteiger charge is 2.17. The number of hydrogen-bond acceptors (Lipinski definition) is 4.